The molecule has 0 saturated heterocycles. The summed E-state index contributed by atoms with van der Waals surface area (Å²) >= 11 is 0. The fourth-order valence-electron chi connectivity index (χ4n) is 2.15. The zero-order valence-electron chi connectivity index (χ0n) is 12.6. The van der Waals surface area contributed by atoms with Crippen LogP contribution in [0.25, 0.3) is 11.3 Å². The Bertz CT molecular complexity index is 912. The zero-order valence-corrected chi connectivity index (χ0v) is 12.6. The first-order valence-electron chi connectivity index (χ1n) is 6.98. The van der Waals surface area contributed by atoms with Crippen LogP contribution in [0, 0.1) is 31.0 Å². The maximum absolute atomic E-state index is 12.9. The molecule has 0 amide bonds. The van der Waals surface area contributed by atoms with Crippen molar-refractivity contribution in [2.24, 2.45) is 4.99 Å². The number of furan rings is 2. The third-order valence-electron chi connectivity index (χ3n) is 3.54. The smallest absolute Gasteiger partial charge is 0.237 e. The van der Waals surface area contributed by atoms with Crippen LogP contribution in [0.15, 0.2) is 50.2 Å². The summed E-state index contributed by atoms with van der Waals surface area (Å²) in [5.74, 6) is 1.76. The minimum Gasteiger partial charge on any atom is -0.455 e. The molecule has 0 atom stereocenters. The van der Waals surface area contributed by atoms with Crippen molar-refractivity contribution in [3.63, 3.8) is 0 Å². The van der Waals surface area contributed by atoms with Gasteiger partial charge in [0.1, 0.15) is 34.7 Å². The van der Waals surface area contributed by atoms with E-state index in [0.29, 0.717) is 22.8 Å². The summed E-state index contributed by atoms with van der Waals surface area (Å²) in [5.41, 5.74) is 1.98. The Morgan fingerprint density at radius 2 is 1.83 bits per heavy atom. The number of hydrogen-bond donors (Lipinski definition) is 0. The number of hydrogen-bond acceptors (Lipinski definition) is 4. The molecular weight excluding hydrogens is 295 g/mol. The third-order valence-corrected chi connectivity index (χ3v) is 3.54. The lowest BCUT2D eigenvalue weighted by atomic mass is 10.2. The molecule has 0 aliphatic carbocycles. The van der Waals surface area contributed by atoms with Gasteiger partial charge in [0.05, 0.1) is 6.21 Å². The second-order valence-electron chi connectivity index (χ2n) is 5.04. The number of aryl methyl sites for hydroxylation is 1. The van der Waals surface area contributed by atoms with Crippen LogP contribution in [-0.2, 0) is 0 Å². The van der Waals surface area contributed by atoms with Crippen LogP contribution >= 0.6 is 0 Å². The minimum atomic E-state index is -0.297. The van der Waals surface area contributed by atoms with E-state index < -0.39 is 0 Å². The van der Waals surface area contributed by atoms with Gasteiger partial charge in [-0.2, -0.15) is 5.26 Å². The Labute approximate surface area is 132 Å². The van der Waals surface area contributed by atoms with Crippen molar-refractivity contribution in [1.29, 1.82) is 5.26 Å². The largest absolute Gasteiger partial charge is 0.455 e. The highest BCUT2D eigenvalue weighted by Gasteiger charge is 2.13. The summed E-state index contributed by atoms with van der Waals surface area (Å²) in [7, 11) is 0. The van der Waals surface area contributed by atoms with Crippen LogP contribution in [0.1, 0.15) is 22.6 Å². The molecule has 2 aromatic heterocycles. The highest BCUT2D eigenvalue weighted by atomic mass is 19.1. The standard InChI is InChI=1S/C18H13FN2O2/c1-11-12(2)22-18(16(11)9-20)21-10-15-7-8-17(23-15)13-3-5-14(19)6-4-13/h3-8,10H,1-2H3. The Hall–Kier alpha value is -3.13. The Morgan fingerprint density at radius 3 is 2.52 bits per heavy atom. The highest BCUT2D eigenvalue weighted by molar-refractivity contribution is 5.80. The van der Waals surface area contributed by atoms with Gasteiger partial charge >= 0.3 is 0 Å². The molecule has 0 saturated carbocycles. The van der Waals surface area contributed by atoms with Crippen molar-refractivity contribution in [3.8, 4) is 17.4 Å². The summed E-state index contributed by atoms with van der Waals surface area (Å²) in [6.45, 7) is 3.60. The summed E-state index contributed by atoms with van der Waals surface area (Å²) in [4.78, 5) is 4.18. The van der Waals surface area contributed by atoms with Crippen molar-refractivity contribution in [2.75, 3.05) is 0 Å². The van der Waals surface area contributed by atoms with Gasteiger partial charge in [-0.25, -0.2) is 9.38 Å². The molecule has 0 fully saturated rings. The van der Waals surface area contributed by atoms with Gasteiger partial charge in [0.2, 0.25) is 5.88 Å². The molecule has 1 aromatic carbocycles. The van der Waals surface area contributed by atoms with E-state index in [1.165, 1.54) is 18.3 Å². The molecule has 0 bridgehead atoms. The molecule has 23 heavy (non-hydrogen) atoms. The highest BCUT2D eigenvalue weighted by Crippen LogP contribution is 2.28. The first-order valence-corrected chi connectivity index (χ1v) is 6.98. The lowest BCUT2D eigenvalue weighted by molar-refractivity contribution is 0.540. The van der Waals surface area contributed by atoms with Crippen LogP contribution in [0.3, 0.4) is 0 Å². The van der Waals surface area contributed by atoms with E-state index >= 15 is 0 Å². The molecule has 0 N–H and O–H groups in total. The SMILES string of the molecule is Cc1oc(N=Cc2ccc(-c3ccc(F)cc3)o2)c(C#N)c1C. The first kappa shape index (κ1) is 14.8. The predicted molar refractivity (Wildman–Crippen MR) is 84.3 cm³/mol. The van der Waals surface area contributed by atoms with Crippen molar-refractivity contribution >= 4 is 12.1 Å². The van der Waals surface area contributed by atoms with Crippen molar-refractivity contribution in [3.05, 3.63) is 64.9 Å². The average molecular weight is 308 g/mol. The Kier molecular flexibility index (Phi) is 3.82. The lowest BCUT2D eigenvalue weighted by Crippen LogP contribution is -1.78. The fraction of sp³-hybridized carbons (Fsp3) is 0.111. The quantitative estimate of drug-likeness (QED) is 0.645. The Morgan fingerprint density at radius 1 is 1.09 bits per heavy atom. The van der Waals surface area contributed by atoms with Crippen LogP contribution in [0.4, 0.5) is 10.3 Å². The normalized spacial score (nSPS) is 11.0. The van der Waals surface area contributed by atoms with Gasteiger partial charge in [-0.3, -0.25) is 0 Å². The van der Waals surface area contributed by atoms with E-state index in [2.05, 4.69) is 11.1 Å². The van der Waals surface area contributed by atoms with Crippen LogP contribution in [-0.4, -0.2) is 6.21 Å². The van der Waals surface area contributed by atoms with E-state index in [1.807, 2.05) is 6.92 Å². The second kappa shape index (κ2) is 5.93. The zero-order chi connectivity index (χ0) is 16.4. The van der Waals surface area contributed by atoms with Gasteiger partial charge in [-0.1, -0.05) is 0 Å². The number of nitriles is 1. The monoisotopic (exact) mass is 308 g/mol. The van der Waals surface area contributed by atoms with E-state index in [4.69, 9.17) is 14.1 Å². The number of rotatable bonds is 3. The van der Waals surface area contributed by atoms with Gasteiger partial charge in [0.25, 0.3) is 0 Å². The number of benzene rings is 1. The summed E-state index contributed by atoms with van der Waals surface area (Å²) in [5, 5.41) is 9.15. The summed E-state index contributed by atoms with van der Waals surface area (Å²) in [6.07, 6.45) is 1.49. The molecule has 0 unspecified atom stereocenters. The molecule has 3 rings (SSSR count). The number of aliphatic imine (C=N–C) groups is 1. The molecule has 4 nitrogen and oxygen atoms in total. The molecule has 0 radical (unpaired) electrons. The van der Waals surface area contributed by atoms with E-state index in [0.717, 1.165) is 11.1 Å². The first-order chi connectivity index (χ1) is 11.1. The number of halogens is 1. The summed E-state index contributed by atoms with van der Waals surface area (Å²) in [6, 6.07) is 11.6. The molecule has 3 aromatic rings. The van der Waals surface area contributed by atoms with E-state index in [1.54, 1.807) is 31.2 Å². The van der Waals surface area contributed by atoms with Crippen molar-refractivity contribution < 1.29 is 13.2 Å². The van der Waals surface area contributed by atoms with Gasteiger partial charge in [-0.15, -0.1) is 0 Å². The van der Waals surface area contributed by atoms with Crippen LogP contribution < -0.4 is 0 Å². The topological polar surface area (TPSA) is 62.4 Å². The molecule has 114 valence electrons. The summed E-state index contributed by atoms with van der Waals surface area (Å²) < 4.78 is 24.0. The van der Waals surface area contributed by atoms with Crippen LogP contribution in [0.5, 0.6) is 0 Å². The average Bonchev–Trinajstić information content (AvgIpc) is 3.12. The molecular formula is C18H13FN2O2. The molecule has 0 spiro atoms. The Balaban J connectivity index is 1.86. The molecule has 0 aliphatic rings. The molecule has 2 heterocycles. The van der Waals surface area contributed by atoms with Gasteiger partial charge in [0, 0.05) is 11.1 Å². The van der Waals surface area contributed by atoms with Gasteiger partial charge in [0.15, 0.2) is 0 Å². The van der Waals surface area contributed by atoms with Gasteiger partial charge < -0.3 is 8.83 Å². The third kappa shape index (κ3) is 2.92. The van der Waals surface area contributed by atoms with Gasteiger partial charge in [-0.05, 0) is 50.2 Å². The lowest BCUT2D eigenvalue weighted by Gasteiger charge is -1.95. The predicted octanol–water partition coefficient (Wildman–Crippen LogP) is 4.92. The number of nitrogens with zero attached hydrogens (tertiary/aromatic N) is 2. The maximum atomic E-state index is 12.9. The van der Waals surface area contributed by atoms with Crippen molar-refractivity contribution in [2.45, 2.75) is 13.8 Å². The second-order valence-corrected chi connectivity index (χ2v) is 5.04. The minimum absolute atomic E-state index is 0.266. The van der Waals surface area contributed by atoms with Crippen LogP contribution in [0.2, 0.25) is 0 Å². The molecule has 5 heteroatoms. The fourth-order valence-corrected chi connectivity index (χ4v) is 2.15. The van der Waals surface area contributed by atoms with E-state index in [-0.39, 0.29) is 11.7 Å². The van der Waals surface area contributed by atoms with E-state index in [9.17, 15) is 4.39 Å². The maximum Gasteiger partial charge on any atom is 0.237 e. The molecule has 0 aliphatic heterocycles. The van der Waals surface area contributed by atoms with Crippen molar-refractivity contribution in [1.82, 2.24) is 0 Å².